The molecule has 0 amide bonds. The maximum Gasteiger partial charge on any atom is 0.199 e. The third-order valence-electron chi connectivity index (χ3n) is 15.7. The van der Waals surface area contributed by atoms with E-state index < -0.39 is 36.5 Å². The van der Waals surface area contributed by atoms with Gasteiger partial charge < -0.3 is 39.4 Å². The van der Waals surface area contributed by atoms with Crippen LogP contribution in [0.3, 0.4) is 0 Å². The van der Waals surface area contributed by atoms with Gasteiger partial charge in [-0.05, 0) is 103 Å². The molecule has 4 N–H and O–H groups in total. The molecule has 3 saturated heterocycles. The molecule has 2 bridgehead atoms. The zero-order chi connectivity index (χ0) is 30.7. The van der Waals surface area contributed by atoms with Gasteiger partial charge in [-0.2, -0.15) is 0 Å². The summed E-state index contributed by atoms with van der Waals surface area (Å²) in [4.78, 5) is 0. The predicted molar refractivity (Wildman–Crippen MR) is 157 cm³/mol. The van der Waals surface area contributed by atoms with Crippen LogP contribution >= 0.6 is 0 Å². The first-order chi connectivity index (χ1) is 20.1. The lowest BCUT2D eigenvalue weighted by molar-refractivity contribution is -0.303. The first-order valence-electron chi connectivity index (χ1n) is 17.1. The van der Waals surface area contributed by atoms with Gasteiger partial charge in [0, 0.05) is 11.3 Å². The summed E-state index contributed by atoms with van der Waals surface area (Å²) in [5.74, 6) is 0.477. The molecule has 0 aromatic heterocycles. The monoisotopic (exact) mass is 602 g/mol. The molecule has 5 saturated carbocycles. The molecule has 8 fully saturated rings. The Labute approximate surface area is 256 Å². The van der Waals surface area contributed by atoms with Crippen LogP contribution in [0.15, 0.2) is 12.2 Å². The Hall–Kier alpha value is -0.580. The second kappa shape index (κ2) is 8.85. The Kier molecular flexibility index (Phi) is 6.14. The summed E-state index contributed by atoms with van der Waals surface area (Å²) in [6, 6.07) is 0. The van der Waals surface area contributed by atoms with Crippen molar-refractivity contribution in [3.05, 3.63) is 12.2 Å². The molecule has 8 heteroatoms. The van der Waals surface area contributed by atoms with Gasteiger partial charge in [0.25, 0.3) is 0 Å². The zero-order valence-electron chi connectivity index (χ0n) is 26.9. The summed E-state index contributed by atoms with van der Waals surface area (Å²) in [6.45, 7) is 18.1. The minimum atomic E-state index is -1.27. The Morgan fingerprint density at radius 1 is 0.884 bits per heavy atom. The van der Waals surface area contributed by atoms with E-state index in [9.17, 15) is 20.4 Å². The number of hydrogen-bond donors (Lipinski definition) is 4. The van der Waals surface area contributed by atoms with Crippen molar-refractivity contribution in [3.8, 4) is 0 Å². The van der Waals surface area contributed by atoms with Crippen LogP contribution in [-0.4, -0.2) is 81.8 Å². The van der Waals surface area contributed by atoms with E-state index in [4.69, 9.17) is 18.9 Å². The van der Waals surface area contributed by atoms with Gasteiger partial charge in [0.05, 0.1) is 18.8 Å². The maximum absolute atomic E-state index is 12.6. The van der Waals surface area contributed by atoms with Gasteiger partial charge in [0.2, 0.25) is 0 Å². The van der Waals surface area contributed by atoms with Crippen molar-refractivity contribution in [3.63, 3.8) is 0 Å². The summed E-state index contributed by atoms with van der Waals surface area (Å²) in [5.41, 5.74) is 0.877. The Balaban J connectivity index is 1.10. The normalized spacial score (nSPS) is 62.8. The van der Waals surface area contributed by atoms with Crippen LogP contribution in [-0.2, 0) is 18.9 Å². The number of aliphatic hydroxyl groups is 4. The van der Waals surface area contributed by atoms with E-state index in [1.54, 1.807) is 0 Å². The molecule has 0 aromatic rings. The van der Waals surface area contributed by atoms with Crippen molar-refractivity contribution >= 4 is 0 Å². The van der Waals surface area contributed by atoms with Crippen molar-refractivity contribution in [2.24, 2.45) is 50.7 Å². The molecule has 3 aliphatic heterocycles. The molecule has 43 heavy (non-hydrogen) atoms. The van der Waals surface area contributed by atoms with Crippen molar-refractivity contribution in [1.29, 1.82) is 0 Å². The number of hydrogen-bond acceptors (Lipinski definition) is 8. The quantitative estimate of drug-likeness (QED) is 0.284. The Bertz CT molecular complexity index is 1210. The lowest BCUT2D eigenvalue weighted by atomic mass is 9.41. The summed E-state index contributed by atoms with van der Waals surface area (Å²) >= 11 is 0. The molecule has 3 spiro atoms. The highest BCUT2D eigenvalue weighted by Gasteiger charge is 2.88. The predicted octanol–water partition coefficient (Wildman–Crippen LogP) is 3.93. The van der Waals surface area contributed by atoms with E-state index in [1.807, 2.05) is 6.92 Å². The van der Waals surface area contributed by atoms with Crippen molar-refractivity contribution < 1.29 is 39.4 Å². The minimum absolute atomic E-state index is 0.0326. The van der Waals surface area contributed by atoms with Crippen molar-refractivity contribution in [2.75, 3.05) is 6.61 Å². The highest BCUT2D eigenvalue weighted by Crippen LogP contribution is 2.90. The second-order valence-electron chi connectivity index (χ2n) is 17.5. The number of fused-ring (bicyclic) bond motifs is 4. The van der Waals surface area contributed by atoms with E-state index >= 15 is 0 Å². The Morgan fingerprint density at radius 3 is 2.30 bits per heavy atom. The van der Waals surface area contributed by atoms with Crippen LogP contribution in [0.5, 0.6) is 0 Å². The number of rotatable bonds is 3. The molecule has 0 radical (unpaired) electrons. The van der Waals surface area contributed by atoms with Crippen LogP contribution in [0, 0.1) is 50.7 Å². The molecule has 8 rings (SSSR count). The number of aliphatic hydroxyl groups excluding tert-OH is 4. The molecular weight excluding hydrogens is 548 g/mol. The zero-order valence-corrected chi connectivity index (χ0v) is 26.9. The topological polar surface area (TPSA) is 118 Å². The summed E-state index contributed by atoms with van der Waals surface area (Å²) in [5, 5.41) is 43.4. The summed E-state index contributed by atoms with van der Waals surface area (Å²) in [6.07, 6.45) is 2.97. The van der Waals surface area contributed by atoms with Gasteiger partial charge in [-0.15, -0.1) is 0 Å². The first kappa shape index (κ1) is 29.8. The molecule has 8 nitrogen and oxygen atoms in total. The molecular formula is C35H54O8. The fourth-order valence-electron chi connectivity index (χ4n) is 13.8. The third kappa shape index (κ3) is 3.26. The van der Waals surface area contributed by atoms with Gasteiger partial charge >= 0.3 is 0 Å². The van der Waals surface area contributed by atoms with Crippen molar-refractivity contribution in [1.82, 2.24) is 0 Å². The molecule has 17 atom stereocenters. The average molecular weight is 603 g/mol. The standard InChI is InChI=1S/C35H54O8/c1-17(2)26-20-14-18(3)27-31(6)12-13-34-16-33(34)11-10-23(41-28-25(38)24(37)19(36)15-40-28)30(4,5)21(33)8-9-22(34)32(31,7)29(39)35(27,42-20)43-26/h18-29,36-39H,1,8-16H2,2-7H3/t18-,19+,20-,21+,22+,23+,24+,25-,26-,27-,28+,29-,31-,32-,33-,34+,35+/m1/s1. The van der Waals surface area contributed by atoms with E-state index in [2.05, 4.69) is 41.2 Å². The molecule has 0 aromatic carbocycles. The summed E-state index contributed by atoms with van der Waals surface area (Å²) in [7, 11) is 0. The van der Waals surface area contributed by atoms with Crippen LogP contribution in [0.1, 0.15) is 92.9 Å². The highest BCUT2D eigenvalue weighted by atomic mass is 16.8. The second-order valence-corrected chi connectivity index (χ2v) is 17.5. The lowest BCUT2D eigenvalue weighted by Gasteiger charge is -2.63. The van der Waals surface area contributed by atoms with Crippen LogP contribution in [0.25, 0.3) is 0 Å². The Morgan fingerprint density at radius 2 is 1.58 bits per heavy atom. The van der Waals surface area contributed by atoms with E-state index in [0.717, 1.165) is 44.1 Å². The van der Waals surface area contributed by atoms with Crippen LogP contribution < -0.4 is 0 Å². The third-order valence-corrected chi connectivity index (χ3v) is 15.7. The van der Waals surface area contributed by atoms with Gasteiger partial charge in [0.1, 0.15) is 30.5 Å². The van der Waals surface area contributed by atoms with Crippen LogP contribution in [0.2, 0.25) is 0 Å². The first-order valence-corrected chi connectivity index (χ1v) is 17.1. The fraction of sp³-hybridized carbons (Fsp3) is 0.943. The fourth-order valence-corrected chi connectivity index (χ4v) is 13.8. The van der Waals surface area contributed by atoms with Gasteiger partial charge in [-0.25, -0.2) is 0 Å². The molecule has 242 valence electrons. The van der Waals surface area contributed by atoms with E-state index in [-0.39, 0.29) is 57.9 Å². The SMILES string of the molecule is C=C(C)[C@H]1O[C@@]23O[C@@H]1C[C@@H](C)[C@@H]2[C@@]1(C)CC[C@@]24C[C@@]25CC[C@H](O[C@@H]2OC[C@H](O)[C@H](O)[C@H]2O)C(C)(C)[C@@H]5CC[C@H]4[C@]1(C)[C@H]3O. The lowest BCUT2D eigenvalue weighted by Crippen LogP contribution is -2.61. The highest BCUT2D eigenvalue weighted by molar-refractivity contribution is 5.34. The van der Waals surface area contributed by atoms with E-state index in [0.29, 0.717) is 17.8 Å². The van der Waals surface area contributed by atoms with Crippen molar-refractivity contribution in [2.45, 2.75) is 148 Å². The van der Waals surface area contributed by atoms with Gasteiger partial charge in [-0.1, -0.05) is 41.2 Å². The molecule has 3 heterocycles. The van der Waals surface area contributed by atoms with Gasteiger partial charge in [0.15, 0.2) is 12.1 Å². The minimum Gasteiger partial charge on any atom is -0.388 e. The maximum atomic E-state index is 12.6. The number of ether oxygens (including phenoxy) is 4. The van der Waals surface area contributed by atoms with E-state index in [1.165, 1.54) is 12.8 Å². The molecule has 8 aliphatic rings. The average Bonchev–Trinajstić information content (AvgIpc) is 3.46. The molecule has 5 aliphatic carbocycles. The largest absolute Gasteiger partial charge is 0.388 e. The smallest absolute Gasteiger partial charge is 0.199 e. The van der Waals surface area contributed by atoms with Gasteiger partial charge in [-0.3, -0.25) is 0 Å². The van der Waals surface area contributed by atoms with Crippen LogP contribution in [0.4, 0.5) is 0 Å². The molecule has 0 unspecified atom stereocenters. The summed E-state index contributed by atoms with van der Waals surface area (Å²) < 4.78 is 25.9.